The summed E-state index contributed by atoms with van der Waals surface area (Å²) in [6.45, 7) is -0.469. The first kappa shape index (κ1) is 30.4. The number of carboxylic acid groups (broad SMARTS) is 1. The molecule has 0 unspecified atom stereocenters. The molecule has 12 nitrogen and oxygen atoms in total. The van der Waals surface area contributed by atoms with Crippen LogP contribution in [0.25, 0.3) is 17.2 Å². The Hall–Kier alpha value is -4.11. The van der Waals surface area contributed by atoms with Gasteiger partial charge in [-0.3, -0.25) is 33.0 Å². The average Bonchev–Trinajstić information content (AvgIpc) is 3.44. The van der Waals surface area contributed by atoms with Crippen LogP contribution in [0.5, 0.6) is 17.5 Å². The van der Waals surface area contributed by atoms with Crippen molar-refractivity contribution < 1.29 is 24.2 Å². The van der Waals surface area contributed by atoms with Crippen molar-refractivity contribution in [3.63, 3.8) is 0 Å². The summed E-state index contributed by atoms with van der Waals surface area (Å²) >= 11 is 18.7. The quantitative estimate of drug-likeness (QED) is 0.219. The number of thioether (sulfide) groups is 1. The largest absolute Gasteiger partial charge is 0.493 e. The van der Waals surface area contributed by atoms with Gasteiger partial charge in [0, 0.05) is 24.1 Å². The number of rotatable bonds is 8. The fourth-order valence-corrected chi connectivity index (χ4v) is 6.07. The van der Waals surface area contributed by atoms with Crippen LogP contribution in [-0.4, -0.2) is 58.5 Å². The van der Waals surface area contributed by atoms with E-state index in [2.05, 4.69) is 4.98 Å². The number of carbonyl (C=O) groups is 2. The summed E-state index contributed by atoms with van der Waals surface area (Å²) in [6, 6.07) is 9.77. The van der Waals surface area contributed by atoms with E-state index in [-0.39, 0.29) is 44.4 Å². The highest BCUT2D eigenvalue weighted by atomic mass is 35.5. The van der Waals surface area contributed by atoms with Gasteiger partial charge in [0.2, 0.25) is 0 Å². The van der Waals surface area contributed by atoms with E-state index >= 15 is 0 Å². The number of fused-ring (bicyclic) bond motifs is 1. The van der Waals surface area contributed by atoms with E-state index in [1.54, 1.807) is 42.5 Å². The molecule has 4 aromatic rings. The second kappa shape index (κ2) is 11.9. The molecule has 1 N–H and O–H groups in total. The van der Waals surface area contributed by atoms with E-state index in [0.717, 1.165) is 21.2 Å². The molecule has 1 saturated heterocycles. The number of nitrogens with zero attached hydrogens (tertiary/aromatic N) is 5. The molecule has 0 saturated carbocycles. The molecule has 3 heterocycles. The van der Waals surface area contributed by atoms with Crippen LogP contribution in [0.2, 0.25) is 10.0 Å². The number of imidazole rings is 1. The molecule has 43 heavy (non-hydrogen) atoms. The van der Waals surface area contributed by atoms with Gasteiger partial charge in [-0.2, -0.15) is 4.98 Å². The van der Waals surface area contributed by atoms with Crippen molar-refractivity contribution in [2.75, 3.05) is 13.7 Å². The Labute approximate surface area is 262 Å². The zero-order valence-electron chi connectivity index (χ0n) is 22.7. The number of halogens is 2. The van der Waals surface area contributed by atoms with E-state index in [9.17, 15) is 19.2 Å². The number of hydrogen-bond acceptors (Lipinski definition) is 9. The van der Waals surface area contributed by atoms with Crippen molar-refractivity contribution in [3.05, 3.63) is 83.3 Å². The number of hydrogen-bond donors (Lipinski definition) is 1. The number of thiocarbonyl (C=S) groups is 1. The van der Waals surface area contributed by atoms with Gasteiger partial charge in [-0.15, -0.1) is 0 Å². The molecule has 0 bridgehead atoms. The molecule has 5 rings (SSSR count). The maximum Gasteiger partial charge on any atom is 0.332 e. The van der Waals surface area contributed by atoms with Crippen LogP contribution in [-0.2, 0) is 30.2 Å². The normalized spacial score (nSPS) is 14.3. The molecule has 1 aliphatic heterocycles. The van der Waals surface area contributed by atoms with Crippen LogP contribution in [0.4, 0.5) is 0 Å². The molecule has 0 atom stereocenters. The summed E-state index contributed by atoms with van der Waals surface area (Å²) in [5.74, 6) is -1.21. The van der Waals surface area contributed by atoms with Crippen LogP contribution in [0.1, 0.15) is 11.1 Å². The zero-order chi connectivity index (χ0) is 31.2. The van der Waals surface area contributed by atoms with Gasteiger partial charge < -0.3 is 14.6 Å². The SMILES string of the molecule is COc1cc(/C=C2\SC(=S)N(CC(=O)O)C2=O)ccc1Oc1nc2c(c(=O)n(C)c(=O)n2C)n1Cc1ccc(Cl)cc1Cl. The highest BCUT2D eigenvalue weighted by molar-refractivity contribution is 8.26. The van der Waals surface area contributed by atoms with Crippen LogP contribution in [0.15, 0.2) is 50.9 Å². The Balaban J connectivity index is 1.57. The number of carboxylic acids is 1. The Kier molecular flexibility index (Phi) is 8.38. The molecular weight excluding hydrogens is 641 g/mol. The van der Waals surface area contributed by atoms with Gasteiger partial charge >= 0.3 is 17.7 Å². The summed E-state index contributed by atoms with van der Waals surface area (Å²) in [5, 5.41) is 9.87. The Morgan fingerprint density at radius 1 is 1.09 bits per heavy atom. The topological polar surface area (TPSA) is 138 Å². The number of aliphatic carboxylic acids is 1. The van der Waals surface area contributed by atoms with Crippen LogP contribution >= 0.6 is 47.2 Å². The summed E-state index contributed by atoms with van der Waals surface area (Å²) in [6.07, 6.45) is 1.56. The number of aryl methyl sites for hydroxylation is 1. The molecule has 16 heteroatoms. The predicted octanol–water partition coefficient (Wildman–Crippen LogP) is 3.88. The van der Waals surface area contributed by atoms with Crippen molar-refractivity contribution in [2.45, 2.75) is 6.54 Å². The lowest BCUT2D eigenvalue weighted by molar-refractivity contribution is -0.140. The minimum absolute atomic E-state index is 0.0140. The minimum Gasteiger partial charge on any atom is -0.493 e. The van der Waals surface area contributed by atoms with Gasteiger partial charge in [0.1, 0.15) is 10.9 Å². The molecule has 0 aliphatic carbocycles. The molecule has 1 aliphatic rings. The molecule has 2 aromatic heterocycles. The maximum absolute atomic E-state index is 13.3. The van der Waals surface area contributed by atoms with Gasteiger partial charge in [-0.05, 0) is 41.5 Å². The third kappa shape index (κ3) is 5.78. The number of amides is 1. The van der Waals surface area contributed by atoms with Gasteiger partial charge in [-0.1, -0.05) is 59.3 Å². The van der Waals surface area contributed by atoms with E-state index in [1.807, 2.05) is 0 Å². The summed E-state index contributed by atoms with van der Waals surface area (Å²) < 4.78 is 15.6. The monoisotopic (exact) mass is 661 g/mol. The highest BCUT2D eigenvalue weighted by Gasteiger charge is 2.33. The maximum atomic E-state index is 13.3. The van der Waals surface area contributed by atoms with Gasteiger partial charge in [0.25, 0.3) is 11.5 Å². The third-order valence-corrected chi connectivity index (χ3v) is 8.47. The number of benzene rings is 2. The van der Waals surface area contributed by atoms with Crippen molar-refractivity contribution in [1.82, 2.24) is 23.6 Å². The molecule has 222 valence electrons. The van der Waals surface area contributed by atoms with E-state index in [4.69, 9.17) is 50.0 Å². The summed E-state index contributed by atoms with van der Waals surface area (Å²) in [5.41, 5.74) is 0.255. The van der Waals surface area contributed by atoms with Gasteiger partial charge in [0.15, 0.2) is 22.7 Å². The molecule has 2 aromatic carbocycles. The molecule has 1 fully saturated rings. The van der Waals surface area contributed by atoms with E-state index in [1.165, 1.54) is 30.3 Å². The van der Waals surface area contributed by atoms with Crippen molar-refractivity contribution in [3.8, 4) is 17.5 Å². The van der Waals surface area contributed by atoms with Gasteiger partial charge in [0.05, 0.1) is 18.6 Å². The Morgan fingerprint density at radius 3 is 2.51 bits per heavy atom. The smallest absolute Gasteiger partial charge is 0.332 e. The van der Waals surface area contributed by atoms with Crippen molar-refractivity contribution >= 4 is 80.6 Å². The lowest BCUT2D eigenvalue weighted by Crippen LogP contribution is -2.37. The number of methoxy groups -OCH3 is 1. The zero-order valence-corrected chi connectivity index (χ0v) is 25.8. The van der Waals surface area contributed by atoms with E-state index < -0.39 is 29.7 Å². The fourth-order valence-electron chi connectivity index (χ4n) is 4.35. The Morgan fingerprint density at radius 2 is 1.84 bits per heavy atom. The summed E-state index contributed by atoms with van der Waals surface area (Å²) in [4.78, 5) is 55.4. The van der Waals surface area contributed by atoms with Gasteiger partial charge in [-0.25, -0.2) is 4.79 Å². The molecule has 0 spiro atoms. The number of carbonyl (C=O) groups excluding carboxylic acids is 1. The second-order valence-electron chi connectivity index (χ2n) is 9.27. The average molecular weight is 663 g/mol. The van der Waals surface area contributed by atoms with Crippen LogP contribution in [0, 0.1) is 0 Å². The first-order valence-corrected chi connectivity index (χ1v) is 14.3. The van der Waals surface area contributed by atoms with Crippen LogP contribution in [0.3, 0.4) is 0 Å². The fraction of sp³-hybridized carbons (Fsp3) is 0.185. The lowest BCUT2D eigenvalue weighted by Gasteiger charge is -2.13. The molecule has 0 radical (unpaired) electrons. The third-order valence-electron chi connectivity index (χ3n) is 6.51. The Bertz CT molecular complexity index is 2000. The van der Waals surface area contributed by atoms with E-state index in [0.29, 0.717) is 21.2 Å². The number of ether oxygens (including phenoxy) is 2. The van der Waals surface area contributed by atoms with Crippen molar-refractivity contribution in [2.24, 2.45) is 14.1 Å². The molecule has 1 amide bonds. The standard InChI is InChI=1S/C27H21Cl2N5O7S2/c1-31-22-21(24(38)32(2)26(31)39)33(11-14-5-6-15(28)10-16(14)29)25(30-22)41-17-7-4-13(8-18(17)40-3)9-19-23(37)34(12-20(35)36)27(42)43-19/h4-10H,11-12H2,1-3H3,(H,35,36)/b19-9-. The predicted molar refractivity (Wildman–Crippen MR) is 166 cm³/mol. The van der Waals surface area contributed by atoms with Crippen molar-refractivity contribution in [1.29, 1.82) is 0 Å². The minimum atomic E-state index is -1.18. The number of aromatic nitrogens is 4. The second-order valence-corrected chi connectivity index (χ2v) is 11.8. The first-order chi connectivity index (χ1) is 20.4. The first-order valence-electron chi connectivity index (χ1n) is 12.3. The summed E-state index contributed by atoms with van der Waals surface area (Å²) in [7, 11) is 4.29. The van der Waals surface area contributed by atoms with Crippen LogP contribution < -0.4 is 20.7 Å². The highest BCUT2D eigenvalue weighted by Crippen LogP contribution is 2.37. The molecular formula is C27H21Cl2N5O7S2. The lowest BCUT2D eigenvalue weighted by atomic mass is 10.2.